The van der Waals surface area contributed by atoms with Gasteiger partial charge in [0.15, 0.2) is 0 Å². The molecule has 0 spiro atoms. The normalized spacial score (nSPS) is 13.6. The first-order valence-electron chi connectivity index (χ1n) is 7.00. The highest BCUT2D eigenvalue weighted by Crippen LogP contribution is 2.24. The van der Waals surface area contributed by atoms with E-state index < -0.39 is 0 Å². The summed E-state index contributed by atoms with van der Waals surface area (Å²) in [4.78, 5) is 0. The predicted octanol–water partition coefficient (Wildman–Crippen LogP) is 5.34. The smallest absolute Gasteiger partial charge is 0.0439 e. The molecule has 0 saturated heterocycles. The predicted molar refractivity (Wildman–Crippen MR) is 86.3 cm³/mol. The Morgan fingerprint density at radius 1 is 1.21 bits per heavy atom. The fraction of sp³-hybridized carbons (Fsp3) is 0.625. The van der Waals surface area contributed by atoms with E-state index >= 15 is 0 Å². The number of benzene rings is 1. The Hall–Kier alpha value is -0.240. The van der Waals surface area contributed by atoms with Gasteiger partial charge in [0.05, 0.1) is 0 Å². The summed E-state index contributed by atoms with van der Waals surface area (Å²) in [7, 11) is 0. The van der Waals surface area contributed by atoms with Gasteiger partial charge in [0.2, 0.25) is 0 Å². The highest BCUT2D eigenvalue weighted by molar-refractivity contribution is 6.33. The van der Waals surface area contributed by atoms with Crippen LogP contribution in [-0.4, -0.2) is 12.1 Å². The van der Waals surface area contributed by atoms with E-state index in [2.05, 4.69) is 33.0 Å². The van der Waals surface area contributed by atoms with E-state index in [9.17, 15) is 0 Å². The van der Waals surface area contributed by atoms with Gasteiger partial charge in [-0.05, 0) is 69.8 Å². The molecular weight excluding hydrogens is 277 g/mol. The van der Waals surface area contributed by atoms with Crippen molar-refractivity contribution in [2.24, 2.45) is 5.92 Å². The van der Waals surface area contributed by atoms with Crippen LogP contribution in [0.5, 0.6) is 0 Å². The lowest BCUT2D eigenvalue weighted by molar-refractivity contribution is 0.355. The molecule has 1 nitrogen and oxygen atoms in total. The average Bonchev–Trinajstić information content (AvgIpc) is 2.30. The molecule has 0 aliphatic rings. The lowest BCUT2D eigenvalue weighted by atomic mass is 9.94. The molecule has 1 rings (SSSR count). The topological polar surface area (TPSA) is 12.0 Å². The van der Waals surface area contributed by atoms with Gasteiger partial charge >= 0.3 is 0 Å². The second-order valence-electron chi connectivity index (χ2n) is 6.23. The van der Waals surface area contributed by atoms with Gasteiger partial charge in [-0.2, -0.15) is 0 Å². The van der Waals surface area contributed by atoms with E-state index in [1.165, 1.54) is 12.8 Å². The number of halogens is 2. The average molecular weight is 302 g/mol. The Morgan fingerprint density at radius 3 is 2.47 bits per heavy atom. The zero-order chi connectivity index (χ0) is 14.5. The van der Waals surface area contributed by atoms with Gasteiger partial charge in [-0.3, -0.25) is 0 Å². The minimum Gasteiger partial charge on any atom is -0.312 e. The van der Waals surface area contributed by atoms with Crippen LogP contribution < -0.4 is 5.32 Å². The van der Waals surface area contributed by atoms with Crippen LogP contribution in [0.4, 0.5) is 0 Å². The molecule has 0 radical (unpaired) electrons. The number of rotatable bonds is 6. The Kier molecular flexibility index (Phi) is 6.65. The molecular formula is C16H25Cl2N. The Labute approximate surface area is 127 Å². The van der Waals surface area contributed by atoms with Crippen LogP contribution in [0.3, 0.4) is 0 Å². The third-order valence-electron chi connectivity index (χ3n) is 3.13. The fourth-order valence-corrected chi connectivity index (χ4v) is 2.54. The van der Waals surface area contributed by atoms with Crippen molar-refractivity contribution in [3.05, 3.63) is 33.8 Å². The zero-order valence-corrected chi connectivity index (χ0v) is 13.9. The highest BCUT2D eigenvalue weighted by atomic mass is 35.5. The lowest BCUT2D eigenvalue weighted by Gasteiger charge is -2.25. The third-order valence-corrected chi connectivity index (χ3v) is 3.74. The van der Waals surface area contributed by atoms with E-state index in [0.29, 0.717) is 5.92 Å². The summed E-state index contributed by atoms with van der Waals surface area (Å²) in [6, 6.07) is 5.72. The van der Waals surface area contributed by atoms with Gasteiger partial charge in [-0.15, -0.1) is 0 Å². The summed E-state index contributed by atoms with van der Waals surface area (Å²) in [5.41, 5.74) is 1.31. The van der Waals surface area contributed by atoms with Crippen LogP contribution >= 0.6 is 23.2 Å². The van der Waals surface area contributed by atoms with Crippen LogP contribution in [0.1, 0.15) is 46.1 Å². The quantitative estimate of drug-likeness (QED) is 0.748. The minimum absolute atomic E-state index is 0.157. The van der Waals surface area contributed by atoms with Crippen molar-refractivity contribution < 1.29 is 0 Å². The molecule has 108 valence electrons. The van der Waals surface area contributed by atoms with Gasteiger partial charge in [-0.25, -0.2) is 0 Å². The third kappa shape index (κ3) is 6.65. The summed E-state index contributed by atoms with van der Waals surface area (Å²) in [6.07, 6.45) is 3.37. The molecule has 1 aromatic rings. The second kappa shape index (κ2) is 7.52. The molecule has 0 heterocycles. The summed E-state index contributed by atoms with van der Waals surface area (Å²) >= 11 is 12.3. The first-order valence-corrected chi connectivity index (χ1v) is 7.76. The monoisotopic (exact) mass is 301 g/mol. The van der Waals surface area contributed by atoms with Crippen LogP contribution in [-0.2, 0) is 6.42 Å². The Bertz CT molecular complexity index is 396. The van der Waals surface area contributed by atoms with Crippen molar-refractivity contribution in [3.63, 3.8) is 0 Å². The van der Waals surface area contributed by atoms with Crippen molar-refractivity contribution in [1.82, 2.24) is 5.32 Å². The van der Waals surface area contributed by atoms with Crippen molar-refractivity contribution in [2.45, 2.75) is 52.5 Å². The van der Waals surface area contributed by atoms with Crippen molar-refractivity contribution in [2.75, 3.05) is 6.54 Å². The van der Waals surface area contributed by atoms with Crippen LogP contribution in [0.2, 0.25) is 10.0 Å². The van der Waals surface area contributed by atoms with E-state index in [-0.39, 0.29) is 5.54 Å². The molecule has 1 N–H and O–H groups in total. The molecule has 0 saturated carbocycles. The molecule has 0 bridgehead atoms. The molecule has 0 fully saturated rings. The molecule has 1 unspecified atom stereocenters. The summed E-state index contributed by atoms with van der Waals surface area (Å²) in [6.45, 7) is 9.83. The first-order chi connectivity index (χ1) is 8.81. The maximum absolute atomic E-state index is 6.25. The van der Waals surface area contributed by atoms with E-state index in [1.807, 2.05) is 18.2 Å². The summed E-state index contributed by atoms with van der Waals surface area (Å²) < 4.78 is 0. The molecule has 1 aromatic carbocycles. The number of hydrogen-bond donors (Lipinski definition) is 1. The van der Waals surface area contributed by atoms with Crippen molar-refractivity contribution >= 4 is 23.2 Å². The van der Waals surface area contributed by atoms with E-state index in [0.717, 1.165) is 28.6 Å². The molecule has 0 amide bonds. The maximum Gasteiger partial charge on any atom is 0.0439 e. The van der Waals surface area contributed by atoms with Crippen molar-refractivity contribution in [3.8, 4) is 0 Å². The van der Waals surface area contributed by atoms with E-state index in [4.69, 9.17) is 23.2 Å². The lowest BCUT2D eigenvalue weighted by Crippen LogP contribution is -2.39. The molecule has 0 aliphatic heterocycles. The molecule has 1 atom stereocenters. The van der Waals surface area contributed by atoms with Gasteiger partial charge in [0.1, 0.15) is 0 Å². The van der Waals surface area contributed by atoms with Gasteiger partial charge in [-0.1, -0.05) is 36.5 Å². The first kappa shape index (κ1) is 16.8. The molecule has 3 heteroatoms. The van der Waals surface area contributed by atoms with Gasteiger partial charge < -0.3 is 5.32 Å². The molecule has 0 aliphatic carbocycles. The van der Waals surface area contributed by atoms with E-state index in [1.54, 1.807) is 0 Å². The molecule has 19 heavy (non-hydrogen) atoms. The second-order valence-corrected chi connectivity index (χ2v) is 7.07. The number of hydrogen-bond acceptors (Lipinski definition) is 1. The minimum atomic E-state index is 0.157. The van der Waals surface area contributed by atoms with Gasteiger partial charge in [0, 0.05) is 15.6 Å². The van der Waals surface area contributed by atoms with Crippen LogP contribution in [0.25, 0.3) is 0 Å². The molecule has 0 aromatic heterocycles. The van der Waals surface area contributed by atoms with Gasteiger partial charge in [0.25, 0.3) is 0 Å². The largest absolute Gasteiger partial charge is 0.312 e. The SMILES string of the molecule is CCCC(CNC(C)(C)C)Cc1cc(Cl)ccc1Cl. The Morgan fingerprint density at radius 2 is 1.89 bits per heavy atom. The summed E-state index contributed by atoms with van der Waals surface area (Å²) in [5, 5.41) is 5.17. The highest BCUT2D eigenvalue weighted by Gasteiger charge is 2.15. The zero-order valence-electron chi connectivity index (χ0n) is 12.4. The van der Waals surface area contributed by atoms with Crippen molar-refractivity contribution in [1.29, 1.82) is 0 Å². The Balaban J connectivity index is 2.69. The maximum atomic E-state index is 6.25. The standard InChI is InChI=1S/C16H25Cl2N/c1-5-6-12(11-19-16(2,3)4)9-13-10-14(17)7-8-15(13)18/h7-8,10,12,19H,5-6,9,11H2,1-4H3. The number of nitrogens with one attached hydrogen (secondary N) is 1. The van der Waals surface area contributed by atoms with Crippen LogP contribution in [0, 0.1) is 5.92 Å². The van der Waals surface area contributed by atoms with Crippen LogP contribution in [0.15, 0.2) is 18.2 Å². The summed E-state index contributed by atoms with van der Waals surface area (Å²) in [5.74, 6) is 0.597. The fourth-order valence-electron chi connectivity index (χ4n) is 2.15.